The van der Waals surface area contributed by atoms with E-state index in [-0.39, 0.29) is 5.91 Å². The van der Waals surface area contributed by atoms with Crippen molar-refractivity contribution >= 4 is 18.0 Å². The zero-order chi connectivity index (χ0) is 14.5. The van der Waals surface area contributed by atoms with Gasteiger partial charge in [0.05, 0.1) is 6.54 Å². The van der Waals surface area contributed by atoms with Gasteiger partial charge in [-0.05, 0) is 37.1 Å². The Labute approximate surface area is 119 Å². The lowest BCUT2D eigenvalue weighted by Crippen LogP contribution is -2.49. The number of hydrogen-bond donors (Lipinski definition) is 1. The maximum absolute atomic E-state index is 12.1. The molecule has 1 N–H and O–H groups in total. The highest BCUT2D eigenvalue weighted by atomic mass is 16.2. The van der Waals surface area contributed by atoms with E-state index in [1.165, 1.54) is 11.1 Å². The van der Waals surface area contributed by atoms with Crippen molar-refractivity contribution in [3.8, 4) is 0 Å². The number of nitrogens with zero attached hydrogens (tertiary/aromatic N) is 2. The quantitative estimate of drug-likeness (QED) is 0.835. The molecule has 1 saturated heterocycles. The molecule has 0 spiro atoms. The molecule has 2 rings (SSSR count). The molecule has 1 fully saturated rings. The molecule has 20 heavy (non-hydrogen) atoms. The zero-order valence-corrected chi connectivity index (χ0v) is 12.1. The lowest BCUT2D eigenvalue weighted by molar-refractivity contribution is -0.133. The van der Waals surface area contributed by atoms with Crippen molar-refractivity contribution in [1.29, 1.82) is 0 Å². The minimum Gasteiger partial charge on any atom is -0.376 e. The minimum absolute atomic E-state index is 0.0776. The largest absolute Gasteiger partial charge is 0.376 e. The number of benzene rings is 1. The molecule has 1 heterocycles. The lowest BCUT2D eigenvalue weighted by atomic mass is 10.1. The monoisotopic (exact) mass is 275 g/mol. The molecule has 0 unspecified atom stereocenters. The molecule has 1 aromatic rings. The van der Waals surface area contributed by atoms with E-state index in [1.54, 1.807) is 9.80 Å². The number of rotatable bonds is 4. The van der Waals surface area contributed by atoms with E-state index >= 15 is 0 Å². The second kappa shape index (κ2) is 6.41. The van der Waals surface area contributed by atoms with Crippen LogP contribution in [-0.2, 0) is 9.59 Å². The normalized spacial score (nSPS) is 15.1. The van der Waals surface area contributed by atoms with Crippen LogP contribution in [0.1, 0.15) is 11.1 Å². The van der Waals surface area contributed by atoms with Crippen LogP contribution >= 0.6 is 0 Å². The van der Waals surface area contributed by atoms with Gasteiger partial charge in [-0.25, -0.2) is 0 Å². The summed E-state index contributed by atoms with van der Waals surface area (Å²) < 4.78 is 0. The summed E-state index contributed by atoms with van der Waals surface area (Å²) in [7, 11) is 0. The Morgan fingerprint density at radius 3 is 2.50 bits per heavy atom. The van der Waals surface area contributed by atoms with Gasteiger partial charge in [0.25, 0.3) is 0 Å². The van der Waals surface area contributed by atoms with Crippen molar-refractivity contribution in [2.75, 3.05) is 38.0 Å². The average molecular weight is 275 g/mol. The zero-order valence-electron chi connectivity index (χ0n) is 12.1. The topological polar surface area (TPSA) is 52.7 Å². The molecule has 1 aliphatic heterocycles. The van der Waals surface area contributed by atoms with Crippen LogP contribution < -0.4 is 5.32 Å². The third kappa shape index (κ3) is 3.50. The molecule has 108 valence electrons. The van der Waals surface area contributed by atoms with Gasteiger partial charge in [0.1, 0.15) is 0 Å². The number of hydrogen-bond acceptors (Lipinski definition) is 3. The van der Waals surface area contributed by atoms with Gasteiger partial charge >= 0.3 is 0 Å². The van der Waals surface area contributed by atoms with Crippen LogP contribution in [0.3, 0.4) is 0 Å². The van der Waals surface area contributed by atoms with Gasteiger partial charge in [-0.2, -0.15) is 0 Å². The summed E-state index contributed by atoms with van der Waals surface area (Å²) in [4.78, 5) is 26.2. The van der Waals surface area contributed by atoms with E-state index in [0.717, 1.165) is 12.1 Å². The first-order chi connectivity index (χ1) is 9.60. The van der Waals surface area contributed by atoms with E-state index in [1.807, 2.05) is 18.2 Å². The number of aryl methyl sites for hydroxylation is 2. The van der Waals surface area contributed by atoms with Crippen molar-refractivity contribution in [2.45, 2.75) is 13.8 Å². The van der Waals surface area contributed by atoms with E-state index in [0.29, 0.717) is 32.7 Å². The fraction of sp³-hybridized carbons (Fsp3) is 0.467. The van der Waals surface area contributed by atoms with Crippen LogP contribution in [0.25, 0.3) is 0 Å². The summed E-state index contributed by atoms with van der Waals surface area (Å²) in [6, 6.07) is 6.08. The summed E-state index contributed by atoms with van der Waals surface area (Å²) >= 11 is 0. The summed E-state index contributed by atoms with van der Waals surface area (Å²) in [5, 5.41) is 3.16. The van der Waals surface area contributed by atoms with Crippen LogP contribution in [0.2, 0.25) is 0 Å². The minimum atomic E-state index is 0.0776. The first-order valence-electron chi connectivity index (χ1n) is 6.88. The Morgan fingerprint density at radius 1 is 1.20 bits per heavy atom. The number of nitrogens with one attached hydrogen (secondary N) is 1. The summed E-state index contributed by atoms with van der Waals surface area (Å²) in [6.07, 6.45) is 0.842. The van der Waals surface area contributed by atoms with Gasteiger partial charge in [-0.15, -0.1) is 0 Å². The van der Waals surface area contributed by atoms with Crippen LogP contribution in [0, 0.1) is 13.8 Å². The highest BCUT2D eigenvalue weighted by Gasteiger charge is 2.19. The van der Waals surface area contributed by atoms with Crippen molar-refractivity contribution in [3.05, 3.63) is 29.3 Å². The van der Waals surface area contributed by atoms with E-state index in [4.69, 9.17) is 0 Å². The Morgan fingerprint density at radius 2 is 1.90 bits per heavy atom. The molecule has 1 aromatic carbocycles. The fourth-order valence-electron chi connectivity index (χ4n) is 2.22. The molecule has 0 atom stereocenters. The lowest BCUT2D eigenvalue weighted by Gasteiger charge is -2.32. The number of anilines is 1. The van der Waals surface area contributed by atoms with Gasteiger partial charge in [-0.3, -0.25) is 9.59 Å². The molecule has 0 radical (unpaired) electrons. The molecule has 2 amide bonds. The molecule has 0 aromatic heterocycles. The highest BCUT2D eigenvalue weighted by Crippen LogP contribution is 2.14. The van der Waals surface area contributed by atoms with Gasteiger partial charge in [0, 0.05) is 31.9 Å². The van der Waals surface area contributed by atoms with Crippen molar-refractivity contribution in [2.24, 2.45) is 0 Å². The Bertz CT molecular complexity index is 494. The average Bonchev–Trinajstić information content (AvgIpc) is 2.48. The first kappa shape index (κ1) is 14.4. The molecule has 5 heteroatoms. The molecule has 0 bridgehead atoms. The Kier molecular flexibility index (Phi) is 4.61. The van der Waals surface area contributed by atoms with E-state index in [2.05, 4.69) is 19.2 Å². The second-order valence-corrected chi connectivity index (χ2v) is 5.17. The van der Waals surface area contributed by atoms with Crippen molar-refractivity contribution in [3.63, 3.8) is 0 Å². The SMILES string of the molecule is Cc1ccc(NCC(=O)N2CCN(C=O)CC2)cc1C. The van der Waals surface area contributed by atoms with Crippen molar-refractivity contribution < 1.29 is 9.59 Å². The maximum atomic E-state index is 12.1. The number of carbonyl (C=O) groups is 2. The molecular weight excluding hydrogens is 254 g/mol. The van der Waals surface area contributed by atoms with Crippen LogP contribution in [0.4, 0.5) is 5.69 Å². The van der Waals surface area contributed by atoms with E-state index < -0.39 is 0 Å². The number of amides is 2. The maximum Gasteiger partial charge on any atom is 0.241 e. The van der Waals surface area contributed by atoms with Gasteiger partial charge in [0.15, 0.2) is 0 Å². The van der Waals surface area contributed by atoms with Crippen LogP contribution in [0.15, 0.2) is 18.2 Å². The van der Waals surface area contributed by atoms with Gasteiger partial charge < -0.3 is 15.1 Å². The predicted molar refractivity (Wildman–Crippen MR) is 78.6 cm³/mol. The van der Waals surface area contributed by atoms with Gasteiger partial charge in [0.2, 0.25) is 12.3 Å². The summed E-state index contributed by atoms with van der Waals surface area (Å²) in [6.45, 7) is 6.90. The Hall–Kier alpha value is -2.04. The standard InChI is InChI=1S/C15H21N3O2/c1-12-3-4-14(9-13(12)2)16-10-15(20)18-7-5-17(11-19)6-8-18/h3-4,9,11,16H,5-8,10H2,1-2H3. The van der Waals surface area contributed by atoms with Crippen LogP contribution in [-0.4, -0.2) is 54.8 Å². The van der Waals surface area contributed by atoms with Crippen LogP contribution in [0.5, 0.6) is 0 Å². The summed E-state index contributed by atoms with van der Waals surface area (Å²) in [5.41, 5.74) is 3.42. The first-order valence-corrected chi connectivity index (χ1v) is 6.88. The molecule has 5 nitrogen and oxygen atoms in total. The molecule has 0 saturated carbocycles. The number of piperazine rings is 1. The smallest absolute Gasteiger partial charge is 0.241 e. The molecule has 0 aliphatic carbocycles. The Balaban J connectivity index is 1.83. The van der Waals surface area contributed by atoms with E-state index in [9.17, 15) is 9.59 Å². The third-order valence-electron chi connectivity index (χ3n) is 3.77. The molecule has 1 aliphatic rings. The second-order valence-electron chi connectivity index (χ2n) is 5.17. The third-order valence-corrected chi connectivity index (χ3v) is 3.77. The van der Waals surface area contributed by atoms with Crippen molar-refractivity contribution in [1.82, 2.24) is 9.80 Å². The van der Waals surface area contributed by atoms with Gasteiger partial charge in [-0.1, -0.05) is 6.07 Å². The number of carbonyl (C=O) groups excluding carboxylic acids is 2. The summed E-state index contributed by atoms with van der Waals surface area (Å²) in [5.74, 6) is 0.0776. The fourth-order valence-corrected chi connectivity index (χ4v) is 2.22. The predicted octanol–water partition coefficient (Wildman–Crippen LogP) is 1.02. The highest BCUT2D eigenvalue weighted by molar-refractivity contribution is 5.81. The molecular formula is C15H21N3O2.